The molecule has 3 nitrogen and oxygen atoms in total. The lowest BCUT2D eigenvalue weighted by Crippen LogP contribution is -2.52. The number of hydrogen-bond acceptors (Lipinski definition) is 3. The Hall–Kier alpha value is -2.20. The number of pyridine rings is 1. The van der Waals surface area contributed by atoms with Crippen LogP contribution in [0.3, 0.4) is 0 Å². The molecular weight excluding hydrogens is 363 g/mol. The zero-order valence-electron chi connectivity index (χ0n) is 15.4. The summed E-state index contributed by atoms with van der Waals surface area (Å²) in [4.78, 5) is 17.3. The number of Topliss-reactive ketones (excluding diaryl/α,β-unsaturated/α-hetero) is 1. The van der Waals surface area contributed by atoms with E-state index in [1.165, 1.54) is 12.1 Å². The molecule has 1 saturated carbocycles. The molecule has 2 aromatic rings. The third kappa shape index (κ3) is 3.51. The maximum absolute atomic E-state index is 13.6. The van der Waals surface area contributed by atoms with Crippen LogP contribution in [0.1, 0.15) is 43.7 Å². The molecule has 1 aromatic heterocycles. The molecule has 27 heavy (non-hydrogen) atoms. The van der Waals surface area contributed by atoms with Gasteiger partial charge in [0, 0.05) is 53.0 Å². The molecular formula is C22H22ClFN2O. The second-order valence-electron chi connectivity index (χ2n) is 8.30. The van der Waals surface area contributed by atoms with E-state index >= 15 is 0 Å². The first kappa shape index (κ1) is 18.2. The Labute approximate surface area is 163 Å². The highest BCUT2D eigenvalue weighted by Gasteiger charge is 2.46. The van der Waals surface area contributed by atoms with Crippen LogP contribution in [0.25, 0.3) is 5.70 Å². The van der Waals surface area contributed by atoms with Gasteiger partial charge in [0.2, 0.25) is 0 Å². The highest BCUT2D eigenvalue weighted by molar-refractivity contribution is 6.31. The van der Waals surface area contributed by atoms with E-state index in [-0.39, 0.29) is 34.9 Å². The third-order valence-corrected chi connectivity index (χ3v) is 5.93. The van der Waals surface area contributed by atoms with Gasteiger partial charge in [-0.15, -0.1) is 0 Å². The molecule has 0 spiro atoms. The number of carbonyl (C=O) groups is 1. The van der Waals surface area contributed by atoms with Gasteiger partial charge in [0.15, 0.2) is 0 Å². The molecule has 4 rings (SSSR count). The van der Waals surface area contributed by atoms with E-state index in [1.54, 1.807) is 18.5 Å². The molecule has 5 heteroatoms. The van der Waals surface area contributed by atoms with Crippen molar-refractivity contribution in [2.24, 2.45) is 11.3 Å². The molecule has 140 valence electrons. The largest absolute Gasteiger partial charge is 0.381 e. The van der Waals surface area contributed by atoms with Gasteiger partial charge in [-0.3, -0.25) is 9.78 Å². The first-order chi connectivity index (χ1) is 12.8. The molecule has 2 heterocycles. The molecule has 1 fully saturated rings. The highest BCUT2D eigenvalue weighted by atomic mass is 35.5. The van der Waals surface area contributed by atoms with E-state index in [4.69, 9.17) is 11.6 Å². The van der Waals surface area contributed by atoms with Crippen molar-refractivity contribution in [3.05, 3.63) is 70.8 Å². The van der Waals surface area contributed by atoms with Gasteiger partial charge in [0.25, 0.3) is 0 Å². The zero-order chi connectivity index (χ0) is 19.2. The van der Waals surface area contributed by atoms with Gasteiger partial charge in [0.05, 0.1) is 0 Å². The van der Waals surface area contributed by atoms with Crippen molar-refractivity contribution in [2.45, 2.75) is 38.6 Å². The maximum Gasteiger partial charge on any atom is 0.139 e. The number of nitrogens with zero attached hydrogens (tertiary/aromatic N) is 1. The average Bonchev–Trinajstić information content (AvgIpc) is 2.60. The topological polar surface area (TPSA) is 42.0 Å². The van der Waals surface area contributed by atoms with E-state index in [2.05, 4.69) is 24.1 Å². The maximum atomic E-state index is 13.6. The highest BCUT2D eigenvalue weighted by Crippen LogP contribution is 2.47. The van der Waals surface area contributed by atoms with Crippen LogP contribution in [0.15, 0.2) is 48.8 Å². The van der Waals surface area contributed by atoms with E-state index < -0.39 is 0 Å². The number of rotatable bonds is 2. The second-order valence-corrected chi connectivity index (χ2v) is 8.71. The monoisotopic (exact) mass is 384 g/mol. The van der Waals surface area contributed by atoms with Crippen LogP contribution in [-0.2, 0) is 4.79 Å². The summed E-state index contributed by atoms with van der Waals surface area (Å²) in [7, 11) is 0. The molecule has 3 unspecified atom stereocenters. The van der Waals surface area contributed by atoms with Crippen LogP contribution in [0.4, 0.5) is 4.39 Å². The summed E-state index contributed by atoms with van der Waals surface area (Å²) < 4.78 is 13.6. The van der Waals surface area contributed by atoms with Crippen LogP contribution in [-0.4, -0.2) is 16.8 Å². The Bertz CT molecular complexity index is 910. The number of hydrogen-bond donors (Lipinski definition) is 1. The minimum atomic E-state index is -0.373. The number of halogens is 2. The van der Waals surface area contributed by atoms with Crippen LogP contribution < -0.4 is 5.32 Å². The van der Waals surface area contributed by atoms with E-state index in [9.17, 15) is 9.18 Å². The summed E-state index contributed by atoms with van der Waals surface area (Å²) in [6.07, 6.45) is 7.01. The quantitative estimate of drug-likeness (QED) is 0.794. The third-order valence-electron chi connectivity index (χ3n) is 5.60. The predicted molar refractivity (Wildman–Crippen MR) is 105 cm³/mol. The summed E-state index contributed by atoms with van der Waals surface area (Å²) >= 11 is 6.38. The van der Waals surface area contributed by atoms with E-state index in [0.717, 1.165) is 23.2 Å². The summed E-state index contributed by atoms with van der Waals surface area (Å²) in [6, 6.07) is 8.32. The molecule has 3 atom stereocenters. The van der Waals surface area contributed by atoms with Crippen LogP contribution in [0, 0.1) is 17.2 Å². The van der Waals surface area contributed by atoms with Crippen molar-refractivity contribution in [1.29, 1.82) is 0 Å². The van der Waals surface area contributed by atoms with E-state index in [0.29, 0.717) is 11.4 Å². The predicted octanol–water partition coefficient (Wildman–Crippen LogP) is 4.98. The van der Waals surface area contributed by atoms with Gasteiger partial charge in [0.1, 0.15) is 11.6 Å². The number of aromatic nitrogens is 1. The molecule has 1 aliphatic carbocycles. The fourth-order valence-electron chi connectivity index (χ4n) is 4.49. The zero-order valence-corrected chi connectivity index (χ0v) is 16.1. The number of fused-ring (bicyclic) bond motifs is 1. The molecule has 0 radical (unpaired) electrons. The Kier molecular flexibility index (Phi) is 4.55. The minimum Gasteiger partial charge on any atom is -0.381 e. The lowest BCUT2D eigenvalue weighted by Gasteiger charge is -2.46. The Morgan fingerprint density at radius 1 is 1.30 bits per heavy atom. The van der Waals surface area contributed by atoms with Crippen LogP contribution in [0.2, 0.25) is 5.02 Å². The summed E-state index contributed by atoms with van der Waals surface area (Å²) in [5.41, 5.74) is 2.65. The number of ketones is 1. The smallest absolute Gasteiger partial charge is 0.139 e. The molecule has 1 aliphatic heterocycles. The first-order valence-electron chi connectivity index (χ1n) is 9.20. The summed E-state index contributed by atoms with van der Waals surface area (Å²) in [6.45, 7) is 4.26. The van der Waals surface area contributed by atoms with Gasteiger partial charge in [-0.25, -0.2) is 4.39 Å². The summed E-state index contributed by atoms with van der Waals surface area (Å²) in [5.74, 6) is -0.540. The van der Waals surface area contributed by atoms with Crippen molar-refractivity contribution >= 4 is 23.1 Å². The molecule has 1 N–H and O–H groups in total. The van der Waals surface area contributed by atoms with Crippen molar-refractivity contribution in [3.63, 3.8) is 0 Å². The number of nitrogens with one attached hydrogen (secondary N) is 1. The normalized spacial score (nSPS) is 26.7. The Morgan fingerprint density at radius 3 is 2.81 bits per heavy atom. The molecule has 0 bridgehead atoms. The molecule has 2 aliphatic rings. The van der Waals surface area contributed by atoms with Gasteiger partial charge >= 0.3 is 0 Å². The number of carbonyl (C=O) groups excluding carboxylic acids is 1. The summed E-state index contributed by atoms with van der Waals surface area (Å²) in [5, 5.41) is 3.93. The number of benzene rings is 1. The lowest BCUT2D eigenvalue weighted by atomic mass is 9.63. The molecule has 0 amide bonds. The van der Waals surface area contributed by atoms with Crippen molar-refractivity contribution in [1.82, 2.24) is 10.3 Å². The molecule has 1 aromatic carbocycles. The molecule has 0 saturated heterocycles. The standard InChI is InChI=1S/C22H22ClFN2O/c1-22(2)10-19-21(20(27)11-22)16(15-6-5-14(24)8-17(15)23)9-18(26-19)13-4-3-7-25-12-13/h3-9,12,16,19,21,26H,10-11H2,1-2H3. The fraction of sp³-hybridized carbons (Fsp3) is 0.364. The van der Waals surface area contributed by atoms with Crippen LogP contribution in [0.5, 0.6) is 0 Å². The fourth-order valence-corrected chi connectivity index (χ4v) is 4.78. The van der Waals surface area contributed by atoms with Gasteiger partial charge in [-0.2, -0.15) is 0 Å². The SMILES string of the molecule is CC1(C)CC(=O)C2C(C1)NC(c1cccnc1)=CC2c1ccc(F)cc1Cl. The van der Waals surface area contributed by atoms with Crippen molar-refractivity contribution in [3.8, 4) is 0 Å². The van der Waals surface area contributed by atoms with Gasteiger partial charge in [-0.1, -0.05) is 37.6 Å². The first-order valence-corrected chi connectivity index (χ1v) is 9.58. The lowest BCUT2D eigenvalue weighted by molar-refractivity contribution is -0.129. The average molecular weight is 385 g/mol. The Morgan fingerprint density at radius 2 is 2.11 bits per heavy atom. The Balaban J connectivity index is 1.83. The van der Waals surface area contributed by atoms with E-state index in [1.807, 2.05) is 18.2 Å². The van der Waals surface area contributed by atoms with Crippen molar-refractivity contribution < 1.29 is 9.18 Å². The number of allylic oxidation sites excluding steroid dienone is 1. The van der Waals surface area contributed by atoms with Crippen LogP contribution >= 0.6 is 11.6 Å². The van der Waals surface area contributed by atoms with Crippen molar-refractivity contribution in [2.75, 3.05) is 0 Å². The van der Waals surface area contributed by atoms with Gasteiger partial charge in [-0.05, 0) is 41.7 Å². The second kappa shape index (κ2) is 6.75. The van der Waals surface area contributed by atoms with Gasteiger partial charge < -0.3 is 5.32 Å². The minimum absolute atomic E-state index is 0.00701.